The molecule has 0 amide bonds. The first-order valence-corrected chi connectivity index (χ1v) is 3.89. The van der Waals surface area contributed by atoms with E-state index in [0.29, 0.717) is 12.3 Å². The molecule has 1 N–H and O–H groups in total. The molecule has 0 bridgehead atoms. The lowest BCUT2D eigenvalue weighted by atomic mass is 10.2. The first-order valence-electron chi connectivity index (χ1n) is 3.89. The van der Waals surface area contributed by atoms with Crippen LogP contribution >= 0.6 is 0 Å². The number of anilines is 1. The topological polar surface area (TPSA) is 45.0 Å². The highest BCUT2D eigenvalue weighted by molar-refractivity contribution is 5.58. The van der Waals surface area contributed by atoms with Crippen molar-refractivity contribution in [2.45, 2.75) is 6.10 Å². The average molecular weight is 178 g/mol. The summed E-state index contributed by atoms with van der Waals surface area (Å²) in [5.41, 5.74) is 0.730. The highest BCUT2D eigenvalue weighted by Gasteiger charge is 2.18. The lowest BCUT2D eigenvalue weighted by Crippen LogP contribution is -2.29. The second-order valence-electron chi connectivity index (χ2n) is 2.76. The Labute approximate surface area is 74.7 Å². The lowest BCUT2D eigenvalue weighted by Gasteiger charge is -2.22. The molecule has 1 unspecified atom stereocenters. The van der Waals surface area contributed by atoms with Crippen LogP contribution in [0.1, 0.15) is 0 Å². The van der Waals surface area contributed by atoms with Gasteiger partial charge < -0.3 is 10.1 Å². The van der Waals surface area contributed by atoms with Crippen LogP contribution in [-0.2, 0) is 0 Å². The monoisotopic (exact) mass is 178 g/mol. The summed E-state index contributed by atoms with van der Waals surface area (Å²) in [7, 11) is 0. The van der Waals surface area contributed by atoms with Gasteiger partial charge in [-0.3, -0.25) is 0 Å². The number of fused-ring (bicyclic) bond motifs is 1. The SMILES string of the molecule is N#CC1CNc2ccc(F)cc2O1. The van der Waals surface area contributed by atoms with Crippen LogP contribution in [0.25, 0.3) is 0 Å². The fraction of sp³-hybridized carbons (Fsp3) is 0.222. The largest absolute Gasteiger partial charge is 0.471 e. The van der Waals surface area contributed by atoms with E-state index in [2.05, 4.69) is 5.32 Å². The van der Waals surface area contributed by atoms with Gasteiger partial charge in [0.2, 0.25) is 6.10 Å². The molecule has 2 rings (SSSR count). The van der Waals surface area contributed by atoms with E-state index in [9.17, 15) is 4.39 Å². The first kappa shape index (κ1) is 7.87. The number of halogens is 1. The summed E-state index contributed by atoms with van der Waals surface area (Å²) in [6.45, 7) is 0.440. The number of hydrogen-bond donors (Lipinski definition) is 1. The zero-order valence-electron chi connectivity index (χ0n) is 6.75. The predicted octanol–water partition coefficient (Wildman–Crippen LogP) is 1.52. The molecule has 0 aliphatic carbocycles. The number of nitrogens with one attached hydrogen (secondary N) is 1. The summed E-state index contributed by atoms with van der Waals surface area (Å²) in [6, 6.07) is 6.17. The van der Waals surface area contributed by atoms with Crippen molar-refractivity contribution < 1.29 is 9.13 Å². The number of nitrogens with zero attached hydrogens (tertiary/aromatic N) is 1. The van der Waals surface area contributed by atoms with E-state index in [-0.39, 0.29) is 5.82 Å². The molecule has 0 saturated heterocycles. The normalized spacial score (nSPS) is 19.2. The van der Waals surface area contributed by atoms with Gasteiger partial charge in [-0.1, -0.05) is 0 Å². The Bertz CT molecular complexity index is 372. The number of hydrogen-bond acceptors (Lipinski definition) is 3. The van der Waals surface area contributed by atoms with Gasteiger partial charge in [-0.2, -0.15) is 5.26 Å². The van der Waals surface area contributed by atoms with Crippen LogP contribution < -0.4 is 10.1 Å². The van der Waals surface area contributed by atoms with Crippen molar-refractivity contribution in [3.63, 3.8) is 0 Å². The van der Waals surface area contributed by atoms with Crippen molar-refractivity contribution >= 4 is 5.69 Å². The fourth-order valence-electron chi connectivity index (χ4n) is 1.21. The van der Waals surface area contributed by atoms with Gasteiger partial charge in [-0.25, -0.2) is 4.39 Å². The van der Waals surface area contributed by atoms with Crippen molar-refractivity contribution in [2.24, 2.45) is 0 Å². The van der Waals surface area contributed by atoms with E-state index in [1.807, 2.05) is 6.07 Å². The number of nitriles is 1. The molecule has 1 aromatic rings. The molecule has 13 heavy (non-hydrogen) atoms. The maximum absolute atomic E-state index is 12.7. The van der Waals surface area contributed by atoms with Gasteiger partial charge in [-0.15, -0.1) is 0 Å². The molecule has 1 heterocycles. The van der Waals surface area contributed by atoms with E-state index in [1.54, 1.807) is 6.07 Å². The molecule has 0 aromatic heterocycles. The Kier molecular flexibility index (Phi) is 1.78. The van der Waals surface area contributed by atoms with E-state index >= 15 is 0 Å². The molecule has 66 valence electrons. The molecule has 0 fully saturated rings. The third-order valence-corrected chi connectivity index (χ3v) is 1.83. The second kappa shape index (κ2) is 2.94. The standard InChI is InChI=1S/C9H7FN2O/c10-6-1-2-8-9(3-6)13-7(4-11)5-12-8/h1-3,7,12H,5H2. The summed E-state index contributed by atoms with van der Waals surface area (Å²) in [4.78, 5) is 0. The zero-order valence-corrected chi connectivity index (χ0v) is 6.75. The summed E-state index contributed by atoms with van der Waals surface area (Å²) in [5.74, 6) is 0.0388. The van der Waals surface area contributed by atoms with E-state index in [0.717, 1.165) is 5.69 Å². The Balaban J connectivity index is 2.34. The van der Waals surface area contributed by atoms with E-state index in [4.69, 9.17) is 10.00 Å². The smallest absolute Gasteiger partial charge is 0.201 e. The van der Waals surface area contributed by atoms with Crippen LogP contribution in [0.2, 0.25) is 0 Å². The summed E-state index contributed by atoms with van der Waals surface area (Å²) < 4.78 is 17.9. The lowest BCUT2D eigenvalue weighted by molar-refractivity contribution is 0.258. The van der Waals surface area contributed by atoms with Crippen LogP contribution in [-0.4, -0.2) is 12.6 Å². The summed E-state index contributed by atoms with van der Waals surface area (Å²) >= 11 is 0. The summed E-state index contributed by atoms with van der Waals surface area (Å²) in [6.07, 6.45) is -0.533. The van der Waals surface area contributed by atoms with Crippen LogP contribution in [0.15, 0.2) is 18.2 Å². The molecule has 4 heteroatoms. The Morgan fingerprint density at radius 3 is 3.23 bits per heavy atom. The number of rotatable bonds is 0. The minimum Gasteiger partial charge on any atom is -0.471 e. The Morgan fingerprint density at radius 2 is 2.46 bits per heavy atom. The average Bonchev–Trinajstić information content (AvgIpc) is 2.16. The van der Waals surface area contributed by atoms with Crippen molar-refractivity contribution in [1.29, 1.82) is 5.26 Å². The molecule has 3 nitrogen and oxygen atoms in total. The highest BCUT2D eigenvalue weighted by atomic mass is 19.1. The minimum absolute atomic E-state index is 0.362. The molecule has 1 aliphatic heterocycles. The van der Waals surface area contributed by atoms with Crippen molar-refractivity contribution in [3.05, 3.63) is 24.0 Å². The predicted molar refractivity (Wildman–Crippen MR) is 44.9 cm³/mol. The van der Waals surface area contributed by atoms with Gasteiger partial charge >= 0.3 is 0 Å². The molecule has 1 aromatic carbocycles. The van der Waals surface area contributed by atoms with Gasteiger partial charge in [0.15, 0.2) is 0 Å². The highest BCUT2D eigenvalue weighted by Crippen LogP contribution is 2.29. The zero-order chi connectivity index (χ0) is 9.26. The molecule has 1 atom stereocenters. The van der Waals surface area contributed by atoms with Crippen molar-refractivity contribution in [1.82, 2.24) is 0 Å². The fourth-order valence-corrected chi connectivity index (χ4v) is 1.21. The Morgan fingerprint density at radius 1 is 1.62 bits per heavy atom. The van der Waals surface area contributed by atoms with Gasteiger partial charge in [0.1, 0.15) is 17.6 Å². The van der Waals surface area contributed by atoms with Crippen LogP contribution in [0.5, 0.6) is 5.75 Å². The number of ether oxygens (including phenoxy) is 1. The number of benzene rings is 1. The van der Waals surface area contributed by atoms with Gasteiger partial charge in [0.25, 0.3) is 0 Å². The van der Waals surface area contributed by atoms with Crippen LogP contribution in [0.4, 0.5) is 10.1 Å². The maximum atomic E-state index is 12.7. The molecule has 0 spiro atoms. The van der Waals surface area contributed by atoms with Crippen LogP contribution in [0, 0.1) is 17.1 Å². The van der Waals surface area contributed by atoms with Crippen LogP contribution in [0.3, 0.4) is 0 Å². The quantitative estimate of drug-likeness (QED) is 0.655. The first-order chi connectivity index (χ1) is 6.29. The van der Waals surface area contributed by atoms with Crippen molar-refractivity contribution in [2.75, 3.05) is 11.9 Å². The van der Waals surface area contributed by atoms with Gasteiger partial charge in [-0.05, 0) is 12.1 Å². The summed E-state index contributed by atoms with van der Waals surface area (Å²) in [5, 5.41) is 11.6. The molecule has 1 aliphatic rings. The molecule has 0 radical (unpaired) electrons. The molecular weight excluding hydrogens is 171 g/mol. The molecule has 0 saturated carbocycles. The van der Waals surface area contributed by atoms with Gasteiger partial charge in [0.05, 0.1) is 12.2 Å². The molecular formula is C9H7FN2O. The van der Waals surface area contributed by atoms with Gasteiger partial charge in [0, 0.05) is 6.07 Å². The second-order valence-corrected chi connectivity index (χ2v) is 2.76. The van der Waals surface area contributed by atoms with E-state index < -0.39 is 6.10 Å². The third-order valence-electron chi connectivity index (χ3n) is 1.83. The third kappa shape index (κ3) is 1.41. The van der Waals surface area contributed by atoms with Crippen molar-refractivity contribution in [3.8, 4) is 11.8 Å². The van der Waals surface area contributed by atoms with E-state index in [1.165, 1.54) is 12.1 Å². The minimum atomic E-state index is -0.533. The Hall–Kier alpha value is -1.76. The maximum Gasteiger partial charge on any atom is 0.201 e.